The van der Waals surface area contributed by atoms with Crippen molar-refractivity contribution in [2.24, 2.45) is 0 Å². The van der Waals surface area contributed by atoms with Crippen LogP contribution in [-0.2, 0) is 12.2 Å². The van der Waals surface area contributed by atoms with Gasteiger partial charge in [-0.1, -0.05) is 19.1 Å². The smallest absolute Gasteiger partial charge is 0.255 e. The Hall–Kier alpha value is -2.11. The Bertz CT molecular complexity index is 798. The van der Waals surface area contributed by atoms with Gasteiger partial charge >= 0.3 is 0 Å². The summed E-state index contributed by atoms with van der Waals surface area (Å²) < 4.78 is 0. The zero-order valence-electron chi connectivity index (χ0n) is 13.4. The zero-order chi connectivity index (χ0) is 16.8. The highest BCUT2D eigenvalue weighted by molar-refractivity contribution is 7.98. The van der Waals surface area contributed by atoms with Gasteiger partial charge in [0.2, 0.25) is 0 Å². The average Bonchev–Trinajstić information content (AvgIpc) is 3.14. The van der Waals surface area contributed by atoms with Crippen molar-refractivity contribution in [2.45, 2.75) is 24.0 Å². The molecule has 0 atom stereocenters. The SMILES string of the molecule is CCc1cccc(NC(=O)c2ccc(SCc3cscn3)cc2)c1. The Balaban J connectivity index is 1.60. The van der Waals surface area contributed by atoms with E-state index in [9.17, 15) is 4.79 Å². The summed E-state index contributed by atoms with van der Waals surface area (Å²) >= 11 is 3.33. The molecule has 0 spiro atoms. The molecule has 0 saturated carbocycles. The number of thioether (sulfide) groups is 1. The fraction of sp³-hybridized carbons (Fsp3) is 0.158. The number of nitrogens with zero attached hydrogens (tertiary/aromatic N) is 1. The summed E-state index contributed by atoms with van der Waals surface area (Å²) in [5.74, 6) is 0.762. The molecule has 3 rings (SSSR count). The van der Waals surface area contributed by atoms with Gasteiger partial charge in [0.05, 0.1) is 11.2 Å². The molecule has 0 aliphatic rings. The van der Waals surface area contributed by atoms with Crippen LogP contribution in [0.5, 0.6) is 0 Å². The standard InChI is InChI=1S/C19H18N2OS2/c1-2-14-4-3-5-16(10-14)21-19(22)15-6-8-18(9-7-15)24-12-17-11-23-13-20-17/h3-11,13H,2,12H2,1H3,(H,21,22). The van der Waals surface area contributed by atoms with Crippen molar-refractivity contribution >= 4 is 34.7 Å². The lowest BCUT2D eigenvalue weighted by atomic mass is 10.1. The van der Waals surface area contributed by atoms with E-state index in [1.54, 1.807) is 23.1 Å². The molecule has 0 radical (unpaired) electrons. The van der Waals surface area contributed by atoms with E-state index in [1.165, 1.54) is 5.56 Å². The molecule has 0 bridgehead atoms. The second kappa shape index (κ2) is 8.13. The van der Waals surface area contributed by atoms with Crippen LogP contribution >= 0.6 is 23.1 Å². The predicted octanol–water partition coefficient (Wildman–Crippen LogP) is 5.25. The number of benzene rings is 2. The van der Waals surface area contributed by atoms with Crippen molar-refractivity contribution in [1.82, 2.24) is 4.98 Å². The Kier molecular flexibility index (Phi) is 5.67. The molecular formula is C19H18N2OS2. The molecule has 0 aliphatic heterocycles. The number of aryl methyl sites for hydroxylation is 1. The minimum atomic E-state index is -0.0840. The summed E-state index contributed by atoms with van der Waals surface area (Å²) in [4.78, 5) is 17.7. The molecule has 0 fully saturated rings. The zero-order valence-corrected chi connectivity index (χ0v) is 15.0. The van der Waals surface area contributed by atoms with Crippen LogP contribution in [-0.4, -0.2) is 10.9 Å². The first-order chi connectivity index (χ1) is 11.7. The van der Waals surface area contributed by atoms with Crippen LogP contribution in [0.2, 0.25) is 0 Å². The summed E-state index contributed by atoms with van der Waals surface area (Å²) in [6, 6.07) is 15.6. The number of amides is 1. The van der Waals surface area contributed by atoms with E-state index in [-0.39, 0.29) is 5.91 Å². The highest BCUT2D eigenvalue weighted by Gasteiger charge is 2.07. The molecule has 1 N–H and O–H groups in total. The minimum absolute atomic E-state index is 0.0840. The van der Waals surface area contributed by atoms with E-state index < -0.39 is 0 Å². The monoisotopic (exact) mass is 354 g/mol. The summed E-state index contributed by atoms with van der Waals surface area (Å²) in [5.41, 5.74) is 5.64. The fourth-order valence-corrected chi connectivity index (χ4v) is 3.71. The second-order valence-corrected chi connectivity index (χ2v) is 7.07. The molecule has 3 aromatic rings. The van der Waals surface area contributed by atoms with Crippen LogP contribution in [0.3, 0.4) is 0 Å². The van der Waals surface area contributed by atoms with Gasteiger partial charge in [0.1, 0.15) is 0 Å². The van der Waals surface area contributed by atoms with Gasteiger partial charge in [0.25, 0.3) is 5.91 Å². The fourth-order valence-electron chi connectivity index (χ4n) is 2.24. The number of rotatable bonds is 6. The van der Waals surface area contributed by atoms with Crippen molar-refractivity contribution < 1.29 is 4.79 Å². The highest BCUT2D eigenvalue weighted by Crippen LogP contribution is 2.23. The highest BCUT2D eigenvalue weighted by atomic mass is 32.2. The van der Waals surface area contributed by atoms with Crippen LogP contribution in [0.4, 0.5) is 5.69 Å². The number of aromatic nitrogens is 1. The predicted molar refractivity (Wildman–Crippen MR) is 102 cm³/mol. The van der Waals surface area contributed by atoms with Gasteiger partial charge in [0, 0.05) is 27.3 Å². The van der Waals surface area contributed by atoms with Gasteiger partial charge in [-0.15, -0.1) is 23.1 Å². The summed E-state index contributed by atoms with van der Waals surface area (Å²) in [7, 11) is 0. The molecule has 1 amide bonds. The molecular weight excluding hydrogens is 336 g/mol. The lowest BCUT2D eigenvalue weighted by Crippen LogP contribution is -2.11. The van der Waals surface area contributed by atoms with E-state index in [4.69, 9.17) is 0 Å². The van der Waals surface area contributed by atoms with Gasteiger partial charge in [-0.3, -0.25) is 4.79 Å². The summed E-state index contributed by atoms with van der Waals surface area (Å²) in [5, 5.41) is 5.01. The van der Waals surface area contributed by atoms with Gasteiger partial charge in [-0.2, -0.15) is 0 Å². The molecule has 0 saturated heterocycles. The van der Waals surface area contributed by atoms with E-state index in [0.29, 0.717) is 5.56 Å². The van der Waals surface area contributed by atoms with E-state index in [0.717, 1.165) is 28.5 Å². The van der Waals surface area contributed by atoms with Gasteiger partial charge in [-0.05, 0) is 48.4 Å². The molecule has 0 aliphatic carbocycles. The van der Waals surface area contributed by atoms with Crippen LogP contribution in [0.15, 0.2) is 64.3 Å². The largest absolute Gasteiger partial charge is 0.322 e. The first-order valence-corrected chi connectivity index (χ1v) is 9.67. The number of hydrogen-bond donors (Lipinski definition) is 1. The van der Waals surface area contributed by atoms with Gasteiger partial charge in [-0.25, -0.2) is 4.98 Å². The van der Waals surface area contributed by atoms with E-state index in [1.807, 2.05) is 48.0 Å². The van der Waals surface area contributed by atoms with Crippen molar-refractivity contribution in [2.75, 3.05) is 5.32 Å². The number of thiazole rings is 1. The molecule has 2 aromatic carbocycles. The topological polar surface area (TPSA) is 42.0 Å². The van der Waals surface area contributed by atoms with Crippen molar-refractivity contribution in [1.29, 1.82) is 0 Å². The number of carbonyl (C=O) groups excluding carboxylic acids is 1. The maximum absolute atomic E-state index is 12.3. The number of nitrogens with one attached hydrogen (secondary N) is 1. The number of carbonyl (C=O) groups is 1. The first-order valence-electron chi connectivity index (χ1n) is 7.75. The number of hydrogen-bond acceptors (Lipinski definition) is 4. The Morgan fingerprint density at radius 2 is 2.04 bits per heavy atom. The second-order valence-electron chi connectivity index (χ2n) is 5.30. The van der Waals surface area contributed by atoms with Crippen molar-refractivity contribution in [3.63, 3.8) is 0 Å². The lowest BCUT2D eigenvalue weighted by molar-refractivity contribution is 0.102. The third-order valence-electron chi connectivity index (χ3n) is 3.58. The number of anilines is 1. The molecule has 3 nitrogen and oxygen atoms in total. The average molecular weight is 354 g/mol. The van der Waals surface area contributed by atoms with Gasteiger partial charge < -0.3 is 5.32 Å². The molecule has 0 unspecified atom stereocenters. The van der Waals surface area contributed by atoms with Gasteiger partial charge in [0.15, 0.2) is 0 Å². The van der Waals surface area contributed by atoms with Crippen LogP contribution in [0.1, 0.15) is 28.5 Å². The first kappa shape index (κ1) is 16.7. The van der Waals surface area contributed by atoms with Crippen LogP contribution in [0, 0.1) is 0 Å². The normalized spacial score (nSPS) is 10.5. The Morgan fingerprint density at radius 1 is 1.21 bits per heavy atom. The Morgan fingerprint density at radius 3 is 2.75 bits per heavy atom. The summed E-state index contributed by atoms with van der Waals surface area (Å²) in [6.07, 6.45) is 0.953. The lowest BCUT2D eigenvalue weighted by Gasteiger charge is -2.07. The third-order valence-corrected chi connectivity index (χ3v) is 5.26. The van der Waals surface area contributed by atoms with Crippen molar-refractivity contribution in [3.05, 3.63) is 76.2 Å². The van der Waals surface area contributed by atoms with Crippen LogP contribution in [0.25, 0.3) is 0 Å². The third kappa shape index (κ3) is 4.46. The quantitative estimate of drug-likeness (QED) is 0.615. The van der Waals surface area contributed by atoms with E-state index >= 15 is 0 Å². The van der Waals surface area contributed by atoms with E-state index in [2.05, 4.69) is 28.7 Å². The molecule has 1 aromatic heterocycles. The van der Waals surface area contributed by atoms with Crippen molar-refractivity contribution in [3.8, 4) is 0 Å². The molecule has 24 heavy (non-hydrogen) atoms. The molecule has 122 valence electrons. The summed E-state index contributed by atoms with van der Waals surface area (Å²) in [6.45, 7) is 2.10. The maximum Gasteiger partial charge on any atom is 0.255 e. The Labute approximate surface area is 150 Å². The molecule has 5 heteroatoms. The maximum atomic E-state index is 12.3. The van der Waals surface area contributed by atoms with Crippen LogP contribution < -0.4 is 5.32 Å². The minimum Gasteiger partial charge on any atom is -0.322 e. The molecule has 1 heterocycles.